The second-order valence-corrected chi connectivity index (χ2v) is 7.07. The molecule has 26 heavy (non-hydrogen) atoms. The maximum Gasteiger partial charge on any atom is 0.346 e. The Morgan fingerprint density at radius 3 is 2.65 bits per heavy atom. The summed E-state index contributed by atoms with van der Waals surface area (Å²) in [5.74, 6) is -0.128. The van der Waals surface area contributed by atoms with Crippen LogP contribution >= 0.6 is 11.3 Å². The van der Waals surface area contributed by atoms with Crippen LogP contribution in [-0.2, 0) is 0 Å². The number of ether oxygens (including phenoxy) is 1. The number of hydrogen-bond donors (Lipinski definition) is 1. The molecular formula is C17H17N5O3S. The fourth-order valence-corrected chi connectivity index (χ4v) is 4.16. The SMILES string of the molecule is Cc1c(C(=O)O)sc2ncnc(N3CCC(Oc4ncccn4)CC3)c12. The van der Waals surface area contributed by atoms with Gasteiger partial charge in [-0.15, -0.1) is 11.3 Å². The van der Waals surface area contributed by atoms with Gasteiger partial charge in [-0.2, -0.15) is 0 Å². The van der Waals surface area contributed by atoms with Crippen LogP contribution in [0.5, 0.6) is 6.01 Å². The third-order valence-electron chi connectivity index (χ3n) is 4.46. The first kappa shape index (κ1) is 16.6. The number of rotatable bonds is 4. The van der Waals surface area contributed by atoms with E-state index in [0.29, 0.717) is 15.7 Å². The molecule has 8 nitrogen and oxygen atoms in total. The summed E-state index contributed by atoms with van der Waals surface area (Å²) >= 11 is 1.19. The van der Waals surface area contributed by atoms with Crippen LogP contribution in [0.3, 0.4) is 0 Å². The van der Waals surface area contributed by atoms with Crippen molar-refractivity contribution < 1.29 is 14.6 Å². The summed E-state index contributed by atoms with van der Waals surface area (Å²) in [5.41, 5.74) is 0.726. The van der Waals surface area contributed by atoms with Crippen molar-refractivity contribution in [3.63, 3.8) is 0 Å². The Morgan fingerprint density at radius 1 is 1.23 bits per heavy atom. The number of anilines is 1. The van der Waals surface area contributed by atoms with E-state index in [9.17, 15) is 9.90 Å². The summed E-state index contributed by atoms with van der Waals surface area (Å²) < 4.78 is 5.83. The predicted molar refractivity (Wildman–Crippen MR) is 97.0 cm³/mol. The second kappa shape index (κ2) is 6.83. The Hall–Kier alpha value is -2.81. The number of carbonyl (C=O) groups is 1. The van der Waals surface area contributed by atoms with E-state index in [4.69, 9.17) is 4.74 Å². The van der Waals surface area contributed by atoms with Crippen LogP contribution in [0.15, 0.2) is 24.8 Å². The number of aryl methyl sites for hydroxylation is 1. The van der Waals surface area contributed by atoms with Crippen LogP contribution in [-0.4, -0.2) is 50.2 Å². The van der Waals surface area contributed by atoms with E-state index in [2.05, 4.69) is 24.8 Å². The van der Waals surface area contributed by atoms with E-state index in [0.717, 1.165) is 42.7 Å². The van der Waals surface area contributed by atoms with Crippen molar-refractivity contribution in [1.82, 2.24) is 19.9 Å². The van der Waals surface area contributed by atoms with Gasteiger partial charge in [0.25, 0.3) is 0 Å². The first-order valence-electron chi connectivity index (χ1n) is 8.29. The fourth-order valence-electron chi connectivity index (χ4n) is 3.18. The van der Waals surface area contributed by atoms with Crippen molar-refractivity contribution in [3.8, 4) is 6.01 Å². The molecule has 0 atom stereocenters. The van der Waals surface area contributed by atoms with Gasteiger partial charge in [0.15, 0.2) is 0 Å². The molecule has 3 aromatic heterocycles. The highest BCUT2D eigenvalue weighted by Gasteiger charge is 2.26. The van der Waals surface area contributed by atoms with Gasteiger partial charge in [-0.3, -0.25) is 0 Å². The molecule has 0 aliphatic carbocycles. The molecule has 3 aromatic rings. The number of piperidine rings is 1. The minimum atomic E-state index is -0.925. The molecule has 1 N–H and O–H groups in total. The number of carboxylic acids is 1. The zero-order chi connectivity index (χ0) is 18.1. The smallest absolute Gasteiger partial charge is 0.346 e. The van der Waals surface area contributed by atoms with Crippen molar-refractivity contribution >= 4 is 33.3 Å². The number of fused-ring (bicyclic) bond motifs is 1. The van der Waals surface area contributed by atoms with E-state index in [-0.39, 0.29) is 6.10 Å². The number of aromatic carboxylic acids is 1. The van der Waals surface area contributed by atoms with Crippen molar-refractivity contribution in [2.45, 2.75) is 25.9 Å². The summed E-state index contributed by atoms with van der Waals surface area (Å²) in [6.07, 6.45) is 6.52. The average molecular weight is 371 g/mol. The van der Waals surface area contributed by atoms with Crippen LogP contribution in [0.25, 0.3) is 10.2 Å². The molecule has 0 amide bonds. The third-order valence-corrected chi connectivity index (χ3v) is 5.64. The molecule has 9 heteroatoms. The average Bonchev–Trinajstić information content (AvgIpc) is 3.01. The van der Waals surface area contributed by atoms with Gasteiger partial charge in [-0.1, -0.05) is 0 Å². The topological polar surface area (TPSA) is 101 Å². The van der Waals surface area contributed by atoms with Crippen LogP contribution in [0, 0.1) is 6.92 Å². The minimum absolute atomic E-state index is 0.0594. The Balaban J connectivity index is 1.53. The molecular weight excluding hydrogens is 354 g/mol. The van der Waals surface area contributed by atoms with Crippen LogP contribution in [0.1, 0.15) is 28.1 Å². The molecule has 0 unspecified atom stereocenters. The third kappa shape index (κ3) is 3.05. The summed E-state index contributed by atoms with van der Waals surface area (Å²) in [5, 5.41) is 10.2. The highest BCUT2D eigenvalue weighted by Crippen LogP contribution is 2.35. The van der Waals surface area contributed by atoms with Gasteiger partial charge in [0, 0.05) is 38.3 Å². The summed E-state index contributed by atoms with van der Waals surface area (Å²) in [6, 6.07) is 2.15. The van der Waals surface area contributed by atoms with Gasteiger partial charge < -0.3 is 14.7 Å². The fraction of sp³-hybridized carbons (Fsp3) is 0.353. The second-order valence-electron chi connectivity index (χ2n) is 6.07. The molecule has 1 fully saturated rings. The summed E-state index contributed by atoms with van der Waals surface area (Å²) in [7, 11) is 0. The monoisotopic (exact) mass is 371 g/mol. The molecule has 4 heterocycles. The van der Waals surface area contributed by atoms with Crippen LogP contribution in [0.2, 0.25) is 0 Å². The standard InChI is InChI=1S/C17H17N5O3S/c1-10-12-14(20-9-21-15(12)26-13(10)16(23)24)22-7-3-11(4-8-22)25-17-18-5-2-6-19-17/h2,5-6,9,11H,3-4,7-8H2,1H3,(H,23,24). The zero-order valence-corrected chi connectivity index (χ0v) is 14.9. The van der Waals surface area contributed by atoms with Crippen molar-refractivity contribution in [1.29, 1.82) is 0 Å². The Labute approximate surface area is 153 Å². The molecule has 4 rings (SSSR count). The number of nitrogens with zero attached hydrogens (tertiary/aromatic N) is 5. The van der Waals surface area contributed by atoms with Gasteiger partial charge in [-0.25, -0.2) is 24.7 Å². The Bertz CT molecular complexity index is 938. The molecule has 1 aliphatic rings. The largest absolute Gasteiger partial charge is 0.477 e. The first-order valence-corrected chi connectivity index (χ1v) is 9.11. The molecule has 0 spiro atoms. The van der Waals surface area contributed by atoms with Gasteiger partial charge in [0.1, 0.15) is 28.0 Å². The Morgan fingerprint density at radius 2 is 1.96 bits per heavy atom. The quantitative estimate of drug-likeness (QED) is 0.746. The molecule has 0 aromatic carbocycles. The van der Waals surface area contributed by atoms with Gasteiger partial charge in [0.2, 0.25) is 0 Å². The molecule has 0 radical (unpaired) electrons. The van der Waals surface area contributed by atoms with E-state index in [1.54, 1.807) is 18.5 Å². The molecule has 0 saturated carbocycles. The number of hydrogen-bond acceptors (Lipinski definition) is 8. The molecule has 0 bridgehead atoms. The van der Waals surface area contributed by atoms with Crippen molar-refractivity contribution in [2.24, 2.45) is 0 Å². The lowest BCUT2D eigenvalue weighted by molar-refractivity contribution is 0.0701. The lowest BCUT2D eigenvalue weighted by Gasteiger charge is -2.32. The summed E-state index contributed by atoms with van der Waals surface area (Å²) in [6.45, 7) is 3.35. The first-order chi connectivity index (χ1) is 12.6. The maximum atomic E-state index is 11.4. The van der Waals surface area contributed by atoms with Crippen LogP contribution in [0.4, 0.5) is 5.82 Å². The van der Waals surface area contributed by atoms with E-state index in [1.165, 1.54) is 17.7 Å². The zero-order valence-electron chi connectivity index (χ0n) is 14.1. The lowest BCUT2D eigenvalue weighted by atomic mass is 10.1. The van der Waals surface area contributed by atoms with Crippen LogP contribution < -0.4 is 9.64 Å². The highest BCUT2D eigenvalue weighted by molar-refractivity contribution is 7.20. The van der Waals surface area contributed by atoms with Gasteiger partial charge in [0.05, 0.1) is 5.39 Å². The highest BCUT2D eigenvalue weighted by atomic mass is 32.1. The normalized spacial score (nSPS) is 15.3. The Kier molecular flexibility index (Phi) is 4.37. The van der Waals surface area contributed by atoms with E-state index >= 15 is 0 Å². The van der Waals surface area contributed by atoms with E-state index in [1.807, 2.05) is 6.92 Å². The number of thiophene rings is 1. The molecule has 134 valence electrons. The van der Waals surface area contributed by atoms with Gasteiger partial charge in [-0.05, 0) is 18.6 Å². The predicted octanol–water partition coefficient (Wildman–Crippen LogP) is 2.54. The van der Waals surface area contributed by atoms with Crippen molar-refractivity contribution in [3.05, 3.63) is 35.2 Å². The van der Waals surface area contributed by atoms with E-state index < -0.39 is 5.97 Å². The number of aromatic nitrogens is 4. The molecule has 1 aliphatic heterocycles. The lowest BCUT2D eigenvalue weighted by Crippen LogP contribution is -2.39. The summed E-state index contributed by atoms with van der Waals surface area (Å²) in [4.78, 5) is 31.5. The minimum Gasteiger partial charge on any atom is -0.477 e. The van der Waals surface area contributed by atoms with Crippen molar-refractivity contribution in [2.75, 3.05) is 18.0 Å². The maximum absolute atomic E-state index is 11.4. The number of carboxylic acid groups (broad SMARTS) is 1. The molecule has 1 saturated heterocycles. The van der Waals surface area contributed by atoms with Gasteiger partial charge >= 0.3 is 12.0 Å².